The van der Waals surface area contributed by atoms with Gasteiger partial charge in [-0.05, 0) is 37.1 Å². The summed E-state index contributed by atoms with van der Waals surface area (Å²) in [5, 5.41) is 26.4. The van der Waals surface area contributed by atoms with E-state index in [4.69, 9.17) is 5.73 Å². The van der Waals surface area contributed by atoms with Crippen LogP contribution in [0, 0.1) is 0 Å². The minimum atomic E-state index is -1.20. The maximum Gasteiger partial charge on any atom is 0.326 e. The van der Waals surface area contributed by atoms with Crippen LogP contribution in [0.2, 0.25) is 0 Å². The van der Waals surface area contributed by atoms with Crippen molar-refractivity contribution in [3.05, 3.63) is 65.7 Å². The first-order chi connectivity index (χ1) is 16.1. The average molecular weight is 471 g/mol. The number of hydrogen-bond donors (Lipinski definition) is 6. The van der Waals surface area contributed by atoms with E-state index < -0.39 is 47.9 Å². The Bertz CT molecular complexity index is 994. The van der Waals surface area contributed by atoms with Crippen molar-refractivity contribution in [2.75, 3.05) is 0 Å². The van der Waals surface area contributed by atoms with Gasteiger partial charge >= 0.3 is 5.97 Å². The minimum absolute atomic E-state index is 0.0538. The molecule has 182 valence electrons. The van der Waals surface area contributed by atoms with E-state index in [0.717, 1.165) is 5.56 Å². The fraction of sp³-hybridized carbons (Fsp3) is 0.333. The second-order valence-electron chi connectivity index (χ2n) is 8.04. The third-order valence-electron chi connectivity index (χ3n) is 5.07. The molecule has 0 fully saturated rings. The van der Waals surface area contributed by atoms with E-state index in [1.807, 2.05) is 0 Å². The van der Waals surface area contributed by atoms with Crippen LogP contribution in [0.5, 0.6) is 5.75 Å². The Kier molecular flexibility index (Phi) is 9.57. The summed E-state index contributed by atoms with van der Waals surface area (Å²) in [6.07, 6.45) is 0.168. The van der Waals surface area contributed by atoms with Gasteiger partial charge in [0.05, 0.1) is 6.04 Å². The van der Waals surface area contributed by atoms with E-state index in [9.17, 15) is 29.4 Å². The minimum Gasteiger partial charge on any atom is -0.508 e. The van der Waals surface area contributed by atoms with Crippen molar-refractivity contribution < 1.29 is 29.4 Å². The van der Waals surface area contributed by atoms with Gasteiger partial charge in [0.2, 0.25) is 17.7 Å². The summed E-state index contributed by atoms with van der Waals surface area (Å²) >= 11 is 0. The monoisotopic (exact) mass is 470 g/mol. The lowest BCUT2D eigenvalue weighted by molar-refractivity contribution is -0.142. The fourth-order valence-electron chi connectivity index (χ4n) is 3.11. The third kappa shape index (κ3) is 8.21. The van der Waals surface area contributed by atoms with E-state index in [1.54, 1.807) is 42.5 Å². The van der Waals surface area contributed by atoms with Crippen LogP contribution >= 0.6 is 0 Å². The molecule has 10 nitrogen and oxygen atoms in total. The van der Waals surface area contributed by atoms with E-state index >= 15 is 0 Å². The molecular weight excluding hydrogens is 440 g/mol. The van der Waals surface area contributed by atoms with E-state index in [2.05, 4.69) is 16.0 Å². The number of nitrogens with two attached hydrogens (primary N) is 1. The van der Waals surface area contributed by atoms with Crippen LogP contribution < -0.4 is 21.7 Å². The lowest BCUT2D eigenvalue weighted by Crippen LogP contribution is -2.56. The second-order valence-corrected chi connectivity index (χ2v) is 8.04. The van der Waals surface area contributed by atoms with Gasteiger partial charge in [0.1, 0.15) is 23.9 Å². The summed E-state index contributed by atoms with van der Waals surface area (Å²) in [6, 6.07) is 10.8. The third-order valence-corrected chi connectivity index (χ3v) is 5.07. The lowest BCUT2D eigenvalue weighted by Gasteiger charge is -2.23. The number of nitrogens with one attached hydrogen (secondary N) is 3. The lowest BCUT2D eigenvalue weighted by atomic mass is 10.0. The van der Waals surface area contributed by atoms with Gasteiger partial charge in [-0.25, -0.2) is 4.79 Å². The van der Waals surface area contributed by atoms with Crippen molar-refractivity contribution in [3.8, 4) is 5.75 Å². The van der Waals surface area contributed by atoms with Crippen LogP contribution in [0.25, 0.3) is 0 Å². The predicted octanol–water partition coefficient (Wildman–Crippen LogP) is 0.0835. The zero-order valence-electron chi connectivity index (χ0n) is 19.0. The van der Waals surface area contributed by atoms with Crippen LogP contribution in [0.4, 0.5) is 0 Å². The molecule has 3 amide bonds. The SMILES string of the molecule is CC(N)C(=O)NC(Cc1ccc(O)cc1)C(=O)NC(C)C(=O)NC(Cc1ccccc1)C(=O)O. The molecule has 2 aromatic carbocycles. The van der Waals surface area contributed by atoms with Gasteiger partial charge in [-0.3, -0.25) is 14.4 Å². The standard InChI is InChI=1S/C24H30N4O6/c1-14(25)21(30)27-19(12-17-8-10-18(29)11-9-17)23(32)26-15(2)22(31)28-20(24(33)34)13-16-6-4-3-5-7-16/h3-11,14-15,19-20,29H,12-13,25H2,1-2H3,(H,26,32)(H,27,30)(H,28,31)(H,33,34). The number of rotatable bonds is 11. The maximum absolute atomic E-state index is 12.9. The fourth-order valence-corrected chi connectivity index (χ4v) is 3.11. The highest BCUT2D eigenvalue weighted by molar-refractivity contribution is 5.94. The van der Waals surface area contributed by atoms with Crippen molar-refractivity contribution in [3.63, 3.8) is 0 Å². The van der Waals surface area contributed by atoms with Crippen molar-refractivity contribution in [1.82, 2.24) is 16.0 Å². The number of carboxylic acids is 1. The Morgan fingerprint density at radius 1 is 0.765 bits per heavy atom. The number of phenols is 1. The molecule has 4 unspecified atom stereocenters. The van der Waals surface area contributed by atoms with Gasteiger partial charge in [-0.2, -0.15) is 0 Å². The number of carboxylic acid groups (broad SMARTS) is 1. The first kappa shape index (κ1) is 26.3. The number of benzene rings is 2. The molecule has 4 atom stereocenters. The molecule has 0 saturated carbocycles. The molecular formula is C24H30N4O6. The van der Waals surface area contributed by atoms with Crippen LogP contribution in [0.1, 0.15) is 25.0 Å². The van der Waals surface area contributed by atoms with Crippen LogP contribution in [-0.2, 0) is 32.0 Å². The predicted molar refractivity (Wildman–Crippen MR) is 125 cm³/mol. The first-order valence-corrected chi connectivity index (χ1v) is 10.8. The first-order valence-electron chi connectivity index (χ1n) is 10.8. The van der Waals surface area contributed by atoms with E-state index in [1.165, 1.54) is 26.0 Å². The smallest absolute Gasteiger partial charge is 0.326 e. The number of aliphatic carboxylic acids is 1. The molecule has 0 bridgehead atoms. The normalized spacial score (nSPS) is 14.2. The number of aromatic hydroxyl groups is 1. The zero-order chi connectivity index (χ0) is 25.3. The molecule has 34 heavy (non-hydrogen) atoms. The molecule has 0 heterocycles. The van der Waals surface area contributed by atoms with E-state index in [0.29, 0.717) is 5.56 Å². The summed E-state index contributed by atoms with van der Waals surface area (Å²) in [5.41, 5.74) is 6.99. The van der Waals surface area contributed by atoms with Gasteiger partial charge in [0.25, 0.3) is 0 Å². The summed E-state index contributed by atoms with van der Waals surface area (Å²) in [6.45, 7) is 2.89. The topological polar surface area (TPSA) is 171 Å². The van der Waals surface area contributed by atoms with Gasteiger partial charge in [0.15, 0.2) is 0 Å². The molecule has 10 heteroatoms. The Morgan fingerprint density at radius 3 is 1.85 bits per heavy atom. The van der Waals surface area contributed by atoms with Crippen molar-refractivity contribution >= 4 is 23.7 Å². The molecule has 0 spiro atoms. The molecule has 0 aromatic heterocycles. The summed E-state index contributed by atoms with van der Waals surface area (Å²) in [7, 11) is 0. The summed E-state index contributed by atoms with van der Waals surface area (Å²) in [5.74, 6) is -3.02. The van der Waals surface area contributed by atoms with Gasteiger partial charge in [0, 0.05) is 12.8 Å². The summed E-state index contributed by atoms with van der Waals surface area (Å²) in [4.78, 5) is 49.2. The van der Waals surface area contributed by atoms with Gasteiger partial charge in [-0.15, -0.1) is 0 Å². The largest absolute Gasteiger partial charge is 0.508 e. The number of carbonyl (C=O) groups excluding carboxylic acids is 3. The Hall–Kier alpha value is -3.92. The maximum atomic E-state index is 12.9. The Balaban J connectivity index is 2.06. The zero-order valence-corrected chi connectivity index (χ0v) is 19.0. The highest BCUT2D eigenvalue weighted by atomic mass is 16.4. The number of phenolic OH excluding ortho intramolecular Hbond substituents is 1. The van der Waals surface area contributed by atoms with Gasteiger partial charge < -0.3 is 31.9 Å². The number of amides is 3. The van der Waals surface area contributed by atoms with Crippen LogP contribution in [0.15, 0.2) is 54.6 Å². The van der Waals surface area contributed by atoms with Crippen molar-refractivity contribution in [2.24, 2.45) is 5.73 Å². The second kappa shape index (κ2) is 12.4. The highest BCUT2D eigenvalue weighted by Crippen LogP contribution is 2.12. The average Bonchev–Trinajstić information content (AvgIpc) is 2.79. The van der Waals surface area contributed by atoms with Crippen molar-refractivity contribution in [2.45, 2.75) is 50.9 Å². The molecule has 0 radical (unpaired) electrons. The molecule has 0 aliphatic rings. The van der Waals surface area contributed by atoms with Crippen LogP contribution in [-0.4, -0.2) is 58.1 Å². The Morgan fingerprint density at radius 2 is 1.29 bits per heavy atom. The number of carbonyl (C=O) groups is 4. The molecule has 2 rings (SSSR count). The molecule has 0 saturated heterocycles. The van der Waals surface area contributed by atoms with Crippen molar-refractivity contribution in [1.29, 1.82) is 0 Å². The number of hydrogen-bond acceptors (Lipinski definition) is 6. The Labute approximate surface area is 197 Å². The summed E-state index contributed by atoms with van der Waals surface area (Å²) < 4.78 is 0. The molecule has 0 aliphatic heterocycles. The molecule has 0 aliphatic carbocycles. The van der Waals surface area contributed by atoms with Crippen LogP contribution in [0.3, 0.4) is 0 Å². The van der Waals surface area contributed by atoms with Gasteiger partial charge in [-0.1, -0.05) is 42.5 Å². The van der Waals surface area contributed by atoms with E-state index in [-0.39, 0.29) is 18.6 Å². The molecule has 7 N–H and O–H groups in total. The molecule has 2 aromatic rings. The highest BCUT2D eigenvalue weighted by Gasteiger charge is 2.28. The quantitative estimate of drug-likeness (QED) is 0.270.